The van der Waals surface area contributed by atoms with Crippen LogP contribution in [0.5, 0.6) is 0 Å². The minimum absolute atomic E-state index is 0.390. The second kappa shape index (κ2) is 6.79. The molecule has 1 aromatic rings. The minimum Gasteiger partial charge on any atom is -0.323 e. The van der Waals surface area contributed by atoms with Gasteiger partial charge in [0.05, 0.1) is 5.56 Å². The summed E-state index contributed by atoms with van der Waals surface area (Å²) < 4.78 is 38.2. The summed E-state index contributed by atoms with van der Waals surface area (Å²) in [4.78, 5) is 2.20. The first kappa shape index (κ1) is 16.3. The van der Waals surface area contributed by atoms with Gasteiger partial charge in [-0.05, 0) is 37.6 Å². The molecule has 0 amide bonds. The molecule has 1 saturated carbocycles. The van der Waals surface area contributed by atoms with Crippen LogP contribution in [0.4, 0.5) is 13.2 Å². The van der Waals surface area contributed by atoms with Crippen molar-refractivity contribution in [2.45, 2.75) is 50.4 Å². The molecule has 0 spiro atoms. The highest BCUT2D eigenvalue weighted by molar-refractivity contribution is 5.28. The van der Waals surface area contributed by atoms with Gasteiger partial charge in [0.2, 0.25) is 0 Å². The quantitative estimate of drug-likeness (QED) is 0.911. The molecule has 1 fully saturated rings. The van der Waals surface area contributed by atoms with Crippen LogP contribution in [0.1, 0.15) is 49.3 Å². The van der Waals surface area contributed by atoms with Crippen molar-refractivity contribution in [3.05, 3.63) is 35.4 Å². The van der Waals surface area contributed by atoms with Gasteiger partial charge in [-0.2, -0.15) is 13.2 Å². The first-order chi connectivity index (χ1) is 9.88. The molecule has 1 aliphatic carbocycles. The first-order valence-corrected chi connectivity index (χ1v) is 7.51. The van der Waals surface area contributed by atoms with Crippen LogP contribution in [0.15, 0.2) is 24.3 Å². The number of rotatable bonds is 4. The fraction of sp³-hybridized carbons (Fsp3) is 0.625. The molecule has 0 heterocycles. The van der Waals surface area contributed by atoms with Crippen LogP contribution < -0.4 is 5.73 Å². The number of hydrogen-bond acceptors (Lipinski definition) is 2. The predicted molar refractivity (Wildman–Crippen MR) is 77.9 cm³/mol. The van der Waals surface area contributed by atoms with Gasteiger partial charge in [-0.15, -0.1) is 0 Å². The van der Waals surface area contributed by atoms with Crippen LogP contribution in [-0.2, 0) is 6.18 Å². The Hall–Kier alpha value is -1.07. The number of benzene rings is 1. The average molecular weight is 300 g/mol. The highest BCUT2D eigenvalue weighted by Gasteiger charge is 2.31. The monoisotopic (exact) mass is 300 g/mol. The van der Waals surface area contributed by atoms with Crippen molar-refractivity contribution in [3.8, 4) is 0 Å². The van der Waals surface area contributed by atoms with Crippen molar-refractivity contribution in [2.75, 3.05) is 13.6 Å². The number of halogens is 3. The van der Waals surface area contributed by atoms with E-state index in [0.29, 0.717) is 18.2 Å². The average Bonchev–Trinajstić information content (AvgIpc) is 2.47. The van der Waals surface area contributed by atoms with Crippen LogP contribution in [0.25, 0.3) is 0 Å². The van der Waals surface area contributed by atoms with Crippen LogP contribution in [-0.4, -0.2) is 24.5 Å². The Kier molecular flexibility index (Phi) is 5.27. The molecule has 0 aromatic heterocycles. The van der Waals surface area contributed by atoms with Gasteiger partial charge >= 0.3 is 6.18 Å². The van der Waals surface area contributed by atoms with Gasteiger partial charge in [0.1, 0.15) is 0 Å². The molecular formula is C16H23F3N2. The van der Waals surface area contributed by atoms with E-state index in [0.717, 1.165) is 18.9 Å². The molecule has 0 aliphatic heterocycles. The van der Waals surface area contributed by atoms with Crippen LogP contribution in [0.3, 0.4) is 0 Å². The fourth-order valence-corrected chi connectivity index (χ4v) is 3.03. The van der Waals surface area contributed by atoms with Crippen LogP contribution in [0, 0.1) is 0 Å². The molecule has 1 aromatic carbocycles. The summed E-state index contributed by atoms with van der Waals surface area (Å²) in [6, 6.07) is 5.48. The maximum Gasteiger partial charge on any atom is 0.416 e. The lowest BCUT2D eigenvalue weighted by atomic mass is 9.94. The SMILES string of the molecule is CN(CC(N)c1cccc(C(F)(F)F)c1)C1CCCCC1. The van der Waals surface area contributed by atoms with Crippen molar-refractivity contribution >= 4 is 0 Å². The molecule has 0 saturated heterocycles. The normalized spacial score (nSPS) is 19.0. The van der Waals surface area contributed by atoms with Gasteiger partial charge in [0.25, 0.3) is 0 Å². The van der Waals surface area contributed by atoms with Crippen LogP contribution in [0.2, 0.25) is 0 Å². The second-order valence-corrected chi connectivity index (χ2v) is 5.96. The summed E-state index contributed by atoms with van der Waals surface area (Å²) in [6.07, 6.45) is 1.74. The third kappa shape index (κ3) is 4.45. The fourth-order valence-electron chi connectivity index (χ4n) is 3.03. The molecule has 2 N–H and O–H groups in total. The third-order valence-electron chi connectivity index (χ3n) is 4.32. The van der Waals surface area contributed by atoms with E-state index >= 15 is 0 Å². The van der Waals surface area contributed by atoms with E-state index in [-0.39, 0.29) is 6.04 Å². The molecule has 2 rings (SSSR count). The van der Waals surface area contributed by atoms with E-state index in [9.17, 15) is 13.2 Å². The Morgan fingerprint density at radius 3 is 2.52 bits per heavy atom. The van der Waals surface area contributed by atoms with Crippen molar-refractivity contribution in [1.82, 2.24) is 4.90 Å². The van der Waals surface area contributed by atoms with E-state index < -0.39 is 11.7 Å². The van der Waals surface area contributed by atoms with Gasteiger partial charge in [-0.3, -0.25) is 0 Å². The Morgan fingerprint density at radius 2 is 1.90 bits per heavy atom. The van der Waals surface area contributed by atoms with Crippen molar-refractivity contribution in [3.63, 3.8) is 0 Å². The van der Waals surface area contributed by atoms with Gasteiger partial charge in [-0.25, -0.2) is 0 Å². The maximum atomic E-state index is 12.7. The van der Waals surface area contributed by atoms with Crippen molar-refractivity contribution in [2.24, 2.45) is 5.73 Å². The summed E-state index contributed by atoms with van der Waals surface area (Å²) in [5.41, 5.74) is 6.03. The number of alkyl halides is 3. The molecular weight excluding hydrogens is 277 g/mol. The second-order valence-electron chi connectivity index (χ2n) is 5.96. The molecule has 118 valence electrons. The zero-order chi connectivity index (χ0) is 15.5. The number of nitrogens with two attached hydrogens (primary N) is 1. The van der Waals surface area contributed by atoms with Gasteiger partial charge in [0, 0.05) is 18.6 Å². The zero-order valence-corrected chi connectivity index (χ0v) is 12.4. The Labute approximate surface area is 124 Å². The minimum atomic E-state index is -4.31. The molecule has 1 aliphatic rings. The highest BCUT2D eigenvalue weighted by atomic mass is 19.4. The Balaban J connectivity index is 2.01. The van der Waals surface area contributed by atoms with Crippen molar-refractivity contribution in [1.29, 1.82) is 0 Å². The summed E-state index contributed by atoms with van der Waals surface area (Å²) in [5.74, 6) is 0. The largest absolute Gasteiger partial charge is 0.416 e. The number of likely N-dealkylation sites (N-methyl/N-ethyl adjacent to an activating group) is 1. The molecule has 0 bridgehead atoms. The van der Waals surface area contributed by atoms with Crippen LogP contribution >= 0.6 is 0 Å². The summed E-state index contributed by atoms with van der Waals surface area (Å²) in [6.45, 7) is 0.589. The maximum absolute atomic E-state index is 12.7. The van der Waals surface area contributed by atoms with Gasteiger partial charge in [0.15, 0.2) is 0 Å². The number of hydrogen-bond donors (Lipinski definition) is 1. The topological polar surface area (TPSA) is 29.3 Å². The zero-order valence-electron chi connectivity index (χ0n) is 12.4. The Bertz CT molecular complexity index is 453. The smallest absolute Gasteiger partial charge is 0.323 e. The van der Waals surface area contributed by atoms with E-state index in [2.05, 4.69) is 4.90 Å². The molecule has 1 unspecified atom stereocenters. The molecule has 2 nitrogen and oxygen atoms in total. The van der Waals surface area contributed by atoms with Crippen molar-refractivity contribution < 1.29 is 13.2 Å². The predicted octanol–water partition coefficient (Wildman–Crippen LogP) is 3.97. The van der Waals surface area contributed by atoms with E-state index in [1.165, 1.54) is 31.4 Å². The molecule has 21 heavy (non-hydrogen) atoms. The van der Waals surface area contributed by atoms with Gasteiger partial charge < -0.3 is 10.6 Å². The lowest BCUT2D eigenvalue weighted by Crippen LogP contribution is -2.38. The summed E-state index contributed by atoms with van der Waals surface area (Å²) in [5, 5.41) is 0. The standard InChI is InChI=1S/C16H23F3N2/c1-21(14-8-3-2-4-9-14)11-15(20)12-6-5-7-13(10-12)16(17,18)19/h5-7,10,14-15H,2-4,8-9,11,20H2,1H3. The molecule has 5 heteroatoms. The van der Waals surface area contributed by atoms with E-state index in [1.54, 1.807) is 6.07 Å². The Morgan fingerprint density at radius 1 is 1.24 bits per heavy atom. The molecule has 0 radical (unpaired) electrons. The lowest BCUT2D eigenvalue weighted by molar-refractivity contribution is -0.137. The van der Waals surface area contributed by atoms with Gasteiger partial charge in [-0.1, -0.05) is 31.4 Å². The summed E-state index contributed by atoms with van der Waals surface area (Å²) in [7, 11) is 2.02. The third-order valence-corrected chi connectivity index (χ3v) is 4.32. The van der Waals surface area contributed by atoms with E-state index in [4.69, 9.17) is 5.73 Å². The summed E-state index contributed by atoms with van der Waals surface area (Å²) >= 11 is 0. The number of nitrogens with zero attached hydrogens (tertiary/aromatic N) is 1. The first-order valence-electron chi connectivity index (χ1n) is 7.51. The lowest BCUT2D eigenvalue weighted by Gasteiger charge is -2.33. The molecule has 1 atom stereocenters. The van der Waals surface area contributed by atoms with E-state index in [1.807, 2.05) is 7.05 Å². The highest BCUT2D eigenvalue weighted by Crippen LogP contribution is 2.31.